The van der Waals surface area contributed by atoms with Crippen LogP contribution in [0.15, 0.2) is 34.1 Å². The molecule has 1 amide bonds. The number of aliphatic hydroxyl groups excluding tert-OH is 1. The Bertz CT molecular complexity index is 665. The minimum atomic E-state index is -0.804. The maximum Gasteiger partial charge on any atom is 0.220 e. The van der Waals surface area contributed by atoms with Crippen molar-refractivity contribution in [2.45, 2.75) is 18.9 Å². The maximum absolute atomic E-state index is 13.9. The second-order valence-electron chi connectivity index (χ2n) is 4.68. The first kappa shape index (κ1) is 17.4. The number of carbonyl (C=O) groups excluding carboxylic acids is 1. The summed E-state index contributed by atoms with van der Waals surface area (Å²) in [6.45, 7) is -0.395. The zero-order chi connectivity index (χ0) is 16.1. The van der Waals surface area contributed by atoms with Crippen LogP contribution < -0.4 is 5.32 Å². The minimum absolute atomic E-state index is 0.0337. The molecule has 1 heterocycles. The van der Waals surface area contributed by atoms with Gasteiger partial charge in [-0.2, -0.15) is 0 Å². The maximum atomic E-state index is 13.9. The second-order valence-corrected chi connectivity index (χ2v) is 7.00. The summed E-state index contributed by atoms with van der Waals surface area (Å²) >= 11 is 10.6. The van der Waals surface area contributed by atoms with Crippen molar-refractivity contribution in [2.24, 2.45) is 0 Å². The van der Waals surface area contributed by atoms with Crippen LogP contribution in [-0.2, 0) is 11.2 Å². The van der Waals surface area contributed by atoms with E-state index in [1.807, 2.05) is 11.4 Å². The normalized spacial score (nSPS) is 12.2. The van der Waals surface area contributed by atoms with Gasteiger partial charge in [0.2, 0.25) is 5.91 Å². The van der Waals surface area contributed by atoms with Gasteiger partial charge in [-0.15, -0.1) is 11.3 Å². The van der Waals surface area contributed by atoms with Crippen LogP contribution >= 0.6 is 38.9 Å². The number of thiophene rings is 1. The summed E-state index contributed by atoms with van der Waals surface area (Å²) in [7, 11) is 0. The standard InChI is InChI=1S/C15H14BrClFNO2S/c16-9-6-10(22-8-9)4-5-14(21)19-13(7-20)11-2-1-3-12(17)15(11)18/h1-3,6,8,13,20H,4-5,7H2,(H,19,21)/t13-/m0/s1. The molecule has 7 heteroatoms. The van der Waals surface area contributed by atoms with Gasteiger partial charge in [-0.1, -0.05) is 23.7 Å². The van der Waals surface area contributed by atoms with Gasteiger partial charge in [0.1, 0.15) is 5.82 Å². The second kappa shape index (κ2) is 8.06. The summed E-state index contributed by atoms with van der Waals surface area (Å²) in [4.78, 5) is 13.1. The van der Waals surface area contributed by atoms with Gasteiger partial charge in [-0.05, 0) is 34.5 Å². The lowest BCUT2D eigenvalue weighted by molar-refractivity contribution is -0.122. The van der Waals surface area contributed by atoms with Gasteiger partial charge in [0.25, 0.3) is 0 Å². The van der Waals surface area contributed by atoms with E-state index in [9.17, 15) is 14.3 Å². The van der Waals surface area contributed by atoms with E-state index in [-0.39, 0.29) is 22.9 Å². The number of aliphatic hydroxyl groups is 1. The molecule has 0 aliphatic carbocycles. The summed E-state index contributed by atoms with van der Waals surface area (Å²) in [5, 5.41) is 14.0. The first-order valence-electron chi connectivity index (χ1n) is 6.58. The number of nitrogens with one attached hydrogen (secondary N) is 1. The molecule has 2 N–H and O–H groups in total. The van der Waals surface area contributed by atoms with E-state index in [1.54, 1.807) is 17.4 Å². The Morgan fingerprint density at radius 2 is 2.27 bits per heavy atom. The highest BCUT2D eigenvalue weighted by Crippen LogP contribution is 2.24. The molecular weight excluding hydrogens is 393 g/mol. The molecule has 0 radical (unpaired) electrons. The van der Waals surface area contributed by atoms with E-state index in [4.69, 9.17) is 11.6 Å². The zero-order valence-electron chi connectivity index (χ0n) is 11.5. The lowest BCUT2D eigenvalue weighted by Gasteiger charge is -2.17. The molecule has 0 spiro atoms. The number of rotatable bonds is 6. The van der Waals surface area contributed by atoms with Crippen molar-refractivity contribution < 1.29 is 14.3 Å². The van der Waals surface area contributed by atoms with Gasteiger partial charge in [-0.25, -0.2) is 4.39 Å². The molecule has 0 fully saturated rings. The van der Waals surface area contributed by atoms with E-state index in [0.29, 0.717) is 6.42 Å². The molecule has 3 nitrogen and oxygen atoms in total. The van der Waals surface area contributed by atoms with E-state index in [1.165, 1.54) is 12.1 Å². The third kappa shape index (κ3) is 4.52. The van der Waals surface area contributed by atoms with Crippen LogP contribution in [0, 0.1) is 5.82 Å². The van der Waals surface area contributed by atoms with Crippen molar-refractivity contribution in [1.29, 1.82) is 0 Å². The number of carbonyl (C=O) groups is 1. The molecule has 0 bridgehead atoms. The average molecular weight is 407 g/mol. The number of halogens is 3. The summed E-state index contributed by atoms with van der Waals surface area (Å²) in [5.41, 5.74) is 0.183. The van der Waals surface area contributed by atoms with Crippen molar-refractivity contribution in [2.75, 3.05) is 6.61 Å². The zero-order valence-corrected chi connectivity index (χ0v) is 14.6. The third-order valence-electron chi connectivity index (χ3n) is 3.09. The van der Waals surface area contributed by atoms with Crippen molar-refractivity contribution in [3.63, 3.8) is 0 Å². The van der Waals surface area contributed by atoms with E-state index < -0.39 is 18.5 Å². The summed E-state index contributed by atoms with van der Waals surface area (Å²) in [6, 6.07) is 5.65. The molecule has 1 aromatic carbocycles. The Morgan fingerprint density at radius 3 is 2.91 bits per heavy atom. The molecule has 1 atom stereocenters. The summed E-state index contributed by atoms with van der Waals surface area (Å²) in [6.07, 6.45) is 0.865. The van der Waals surface area contributed by atoms with Gasteiger partial charge in [0, 0.05) is 26.7 Å². The van der Waals surface area contributed by atoms with Crippen molar-refractivity contribution >= 4 is 44.8 Å². The molecule has 2 rings (SSSR count). The SMILES string of the molecule is O=C(CCc1cc(Br)cs1)N[C@@H](CO)c1cccc(Cl)c1F. The van der Waals surface area contributed by atoms with Crippen LogP contribution in [0.25, 0.3) is 0 Å². The van der Waals surface area contributed by atoms with Gasteiger partial charge in [0.05, 0.1) is 17.7 Å². The molecule has 2 aromatic rings. The van der Waals surface area contributed by atoms with Crippen LogP contribution in [0.4, 0.5) is 4.39 Å². The van der Waals surface area contributed by atoms with Crippen LogP contribution in [0.2, 0.25) is 5.02 Å². The first-order chi connectivity index (χ1) is 10.5. The fourth-order valence-corrected chi connectivity index (χ4v) is 3.64. The number of benzene rings is 1. The molecule has 22 heavy (non-hydrogen) atoms. The topological polar surface area (TPSA) is 49.3 Å². The molecule has 0 aliphatic rings. The number of amides is 1. The predicted octanol–water partition coefficient (Wildman–Crippen LogP) is 4.09. The Balaban J connectivity index is 1.97. The average Bonchev–Trinajstić information content (AvgIpc) is 2.91. The Labute approximate surface area is 145 Å². The molecule has 0 saturated heterocycles. The Hall–Kier alpha value is -0.950. The van der Waals surface area contributed by atoms with Crippen molar-refractivity contribution in [3.8, 4) is 0 Å². The lowest BCUT2D eigenvalue weighted by atomic mass is 10.1. The lowest BCUT2D eigenvalue weighted by Crippen LogP contribution is -2.31. The molecule has 1 aromatic heterocycles. The van der Waals surface area contributed by atoms with Crippen LogP contribution in [-0.4, -0.2) is 17.6 Å². The van der Waals surface area contributed by atoms with Gasteiger partial charge in [-0.3, -0.25) is 4.79 Å². The van der Waals surface area contributed by atoms with Crippen LogP contribution in [0.1, 0.15) is 22.9 Å². The Morgan fingerprint density at radius 1 is 1.50 bits per heavy atom. The molecule has 0 unspecified atom stereocenters. The number of hydrogen-bond donors (Lipinski definition) is 2. The predicted molar refractivity (Wildman–Crippen MR) is 89.7 cm³/mol. The van der Waals surface area contributed by atoms with Gasteiger partial charge < -0.3 is 10.4 Å². The minimum Gasteiger partial charge on any atom is -0.394 e. The molecule has 0 aliphatic heterocycles. The van der Waals surface area contributed by atoms with Gasteiger partial charge >= 0.3 is 0 Å². The summed E-state index contributed by atoms with van der Waals surface area (Å²) in [5.74, 6) is -0.867. The monoisotopic (exact) mass is 405 g/mol. The largest absolute Gasteiger partial charge is 0.394 e. The highest BCUT2D eigenvalue weighted by molar-refractivity contribution is 9.10. The first-order valence-corrected chi connectivity index (χ1v) is 8.63. The molecular formula is C15H14BrClFNO2S. The van der Waals surface area contributed by atoms with Crippen LogP contribution in [0.5, 0.6) is 0 Å². The highest BCUT2D eigenvalue weighted by atomic mass is 79.9. The Kier molecular flexibility index (Phi) is 6.37. The molecule has 118 valence electrons. The van der Waals surface area contributed by atoms with E-state index >= 15 is 0 Å². The van der Waals surface area contributed by atoms with E-state index in [0.717, 1.165) is 9.35 Å². The fraction of sp³-hybridized carbons (Fsp3) is 0.267. The van der Waals surface area contributed by atoms with Crippen LogP contribution in [0.3, 0.4) is 0 Å². The van der Waals surface area contributed by atoms with E-state index in [2.05, 4.69) is 21.2 Å². The fourth-order valence-electron chi connectivity index (χ4n) is 2.00. The highest BCUT2D eigenvalue weighted by Gasteiger charge is 2.19. The quantitative estimate of drug-likeness (QED) is 0.759. The van der Waals surface area contributed by atoms with Gasteiger partial charge in [0.15, 0.2) is 0 Å². The van der Waals surface area contributed by atoms with Crippen molar-refractivity contribution in [1.82, 2.24) is 5.32 Å². The number of hydrogen-bond acceptors (Lipinski definition) is 3. The summed E-state index contributed by atoms with van der Waals surface area (Å²) < 4.78 is 14.9. The third-order valence-corrected chi connectivity index (χ3v) is 5.14. The van der Waals surface area contributed by atoms with Crippen molar-refractivity contribution in [3.05, 3.63) is 55.4 Å². The molecule has 0 saturated carbocycles. The smallest absolute Gasteiger partial charge is 0.220 e. The number of aryl methyl sites for hydroxylation is 1.